The fourth-order valence-electron chi connectivity index (χ4n) is 2.07. The maximum Gasteiger partial charge on any atom is 0.307 e. The van der Waals surface area contributed by atoms with E-state index in [4.69, 9.17) is 9.47 Å². The molecule has 0 unspecified atom stereocenters. The molecule has 0 aliphatic carbocycles. The van der Waals surface area contributed by atoms with E-state index in [1.165, 1.54) is 4.57 Å². The molecule has 0 fully saturated rings. The molecule has 1 heterocycles. The summed E-state index contributed by atoms with van der Waals surface area (Å²) >= 11 is 1.08. The number of hydrogen-bond donors (Lipinski definition) is 1. The lowest BCUT2D eigenvalue weighted by Gasteiger charge is -2.14. The quantitative estimate of drug-likeness (QED) is 0.844. The van der Waals surface area contributed by atoms with Crippen LogP contribution in [0, 0.1) is 6.92 Å². The first-order chi connectivity index (χ1) is 11.0. The van der Waals surface area contributed by atoms with Gasteiger partial charge < -0.3 is 14.8 Å². The molecular weight excluding hydrogens is 316 g/mol. The highest BCUT2D eigenvalue weighted by molar-refractivity contribution is 7.07. The first-order valence-corrected chi connectivity index (χ1v) is 8.27. The molecule has 2 rings (SSSR count). The van der Waals surface area contributed by atoms with Gasteiger partial charge in [-0.15, -0.1) is 0 Å². The van der Waals surface area contributed by atoms with Crippen molar-refractivity contribution in [2.75, 3.05) is 18.5 Å². The zero-order valence-electron chi connectivity index (χ0n) is 13.4. The molecule has 0 saturated carbocycles. The molecule has 1 N–H and O–H groups in total. The van der Waals surface area contributed by atoms with Crippen molar-refractivity contribution >= 4 is 22.9 Å². The molecule has 0 bridgehead atoms. The number of carbonyl (C=O) groups excluding carboxylic acids is 1. The molecule has 0 spiro atoms. The summed E-state index contributed by atoms with van der Waals surface area (Å²) in [5, 5.41) is 4.52. The van der Waals surface area contributed by atoms with Crippen LogP contribution in [0.2, 0.25) is 0 Å². The molecule has 23 heavy (non-hydrogen) atoms. The highest BCUT2D eigenvalue weighted by Crippen LogP contribution is 2.29. The monoisotopic (exact) mass is 336 g/mol. The Kier molecular flexibility index (Phi) is 5.81. The SMILES string of the molecule is CCOc1ccc(OCC)c(NC(=O)Cn2c(C)csc2=O)c1. The predicted octanol–water partition coefficient (Wildman–Crippen LogP) is 2.65. The summed E-state index contributed by atoms with van der Waals surface area (Å²) in [5.74, 6) is 0.928. The molecule has 1 aromatic carbocycles. The van der Waals surface area contributed by atoms with Gasteiger partial charge in [-0.2, -0.15) is 0 Å². The molecule has 0 saturated heterocycles. The van der Waals surface area contributed by atoms with Crippen molar-refractivity contribution in [3.05, 3.63) is 38.9 Å². The lowest BCUT2D eigenvalue weighted by molar-refractivity contribution is -0.116. The van der Waals surface area contributed by atoms with Crippen molar-refractivity contribution < 1.29 is 14.3 Å². The van der Waals surface area contributed by atoms with Crippen molar-refractivity contribution in [3.63, 3.8) is 0 Å². The van der Waals surface area contributed by atoms with E-state index in [1.807, 2.05) is 13.8 Å². The van der Waals surface area contributed by atoms with Crippen molar-refractivity contribution in [3.8, 4) is 11.5 Å². The lowest BCUT2D eigenvalue weighted by Crippen LogP contribution is -2.25. The van der Waals surface area contributed by atoms with E-state index in [2.05, 4.69) is 5.32 Å². The van der Waals surface area contributed by atoms with Crippen LogP contribution >= 0.6 is 11.3 Å². The van der Waals surface area contributed by atoms with Crippen LogP contribution in [-0.4, -0.2) is 23.7 Å². The molecule has 0 aliphatic rings. The number of hydrogen-bond acceptors (Lipinski definition) is 5. The molecule has 1 aromatic heterocycles. The number of nitrogens with one attached hydrogen (secondary N) is 1. The van der Waals surface area contributed by atoms with Crippen molar-refractivity contribution in [2.45, 2.75) is 27.3 Å². The van der Waals surface area contributed by atoms with Crippen LogP contribution in [0.1, 0.15) is 19.5 Å². The molecule has 2 aromatic rings. The maximum absolute atomic E-state index is 12.2. The zero-order chi connectivity index (χ0) is 16.8. The molecule has 6 nitrogen and oxygen atoms in total. The number of rotatable bonds is 7. The van der Waals surface area contributed by atoms with Gasteiger partial charge in [0.25, 0.3) is 0 Å². The summed E-state index contributed by atoms with van der Waals surface area (Å²) in [6.07, 6.45) is 0. The van der Waals surface area contributed by atoms with Gasteiger partial charge in [-0.1, -0.05) is 11.3 Å². The van der Waals surface area contributed by atoms with Crippen molar-refractivity contribution in [1.82, 2.24) is 4.57 Å². The number of nitrogens with zero attached hydrogens (tertiary/aromatic N) is 1. The molecule has 0 atom stereocenters. The second kappa shape index (κ2) is 7.82. The largest absolute Gasteiger partial charge is 0.494 e. The van der Waals surface area contributed by atoms with E-state index < -0.39 is 0 Å². The van der Waals surface area contributed by atoms with Crippen LogP contribution in [0.4, 0.5) is 5.69 Å². The van der Waals surface area contributed by atoms with Crippen LogP contribution in [0.25, 0.3) is 0 Å². The number of ether oxygens (including phenoxy) is 2. The van der Waals surface area contributed by atoms with Gasteiger partial charge in [0.15, 0.2) is 0 Å². The molecule has 7 heteroatoms. The Labute approximate surface area is 138 Å². The Morgan fingerprint density at radius 1 is 1.26 bits per heavy atom. The minimum atomic E-state index is -0.289. The van der Waals surface area contributed by atoms with Gasteiger partial charge >= 0.3 is 4.87 Å². The third kappa shape index (κ3) is 4.35. The van der Waals surface area contributed by atoms with E-state index in [9.17, 15) is 9.59 Å². The van der Waals surface area contributed by atoms with Crippen LogP contribution in [-0.2, 0) is 11.3 Å². The lowest BCUT2D eigenvalue weighted by atomic mass is 10.2. The predicted molar refractivity (Wildman–Crippen MR) is 90.7 cm³/mol. The van der Waals surface area contributed by atoms with Gasteiger partial charge in [-0.3, -0.25) is 14.2 Å². The fraction of sp³-hybridized carbons (Fsp3) is 0.375. The first-order valence-electron chi connectivity index (χ1n) is 7.39. The highest BCUT2D eigenvalue weighted by Gasteiger charge is 2.12. The van der Waals surface area contributed by atoms with E-state index >= 15 is 0 Å². The molecule has 0 radical (unpaired) electrons. The highest BCUT2D eigenvalue weighted by atomic mass is 32.1. The van der Waals surface area contributed by atoms with Crippen LogP contribution in [0.15, 0.2) is 28.4 Å². The van der Waals surface area contributed by atoms with E-state index in [-0.39, 0.29) is 17.3 Å². The summed E-state index contributed by atoms with van der Waals surface area (Å²) < 4.78 is 12.4. The Bertz CT molecular complexity index is 736. The third-order valence-corrected chi connectivity index (χ3v) is 4.00. The average molecular weight is 336 g/mol. The minimum Gasteiger partial charge on any atom is -0.494 e. The second-order valence-electron chi connectivity index (χ2n) is 4.80. The summed E-state index contributed by atoms with van der Waals surface area (Å²) in [6.45, 7) is 6.55. The summed E-state index contributed by atoms with van der Waals surface area (Å²) in [6, 6.07) is 5.26. The van der Waals surface area contributed by atoms with Crippen LogP contribution in [0.5, 0.6) is 11.5 Å². The minimum absolute atomic E-state index is 0.0292. The first kappa shape index (κ1) is 17.1. The smallest absolute Gasteiger partial charge is 0.307 e. The summed E-state index contributed by atoms with van der Waals surface area (Å²) in [7, 11) is 0. The molecular formula is C16H20N2O4S. The van der Waals surface area contributed by atoms with E-state index in [0.29, 0.717) is 30.4 Å². The van der Waals surface area contributed by atoms with Crippen molar-refractivity contribution in [1.29, 1.82) is 0 Å². The Hall–Kier alpha value is -2.28. The molecule has 124 valence electrons. The number of aromatic nitrogens is 1. The number of anilines is 1. The van der Waals surface area contributed by atoms with Gasteiger partial charge in [0.1, 0.15) is 18.0 Å². The fourth-order valence-corrected chi connectivity index (χ4v) is 2.81. The zero-order valence-corrected chi connectivity index (χ0v) is 14.2. The Morgan fingerprint density at radius 2 is 2.00 bits per heavy atom. The normalized spacial score (nSPS) is 10.4. The van der Waals surface area contributed by atoms with E-state index in [1.54, 1.807) is 30.5 Å². The number of benzene rings is 1. The summed E-state index contributed by atoms with van der Waals surface area (Å²) in [5.41, 5.74) is 1.30. The number of carbonyl (C=O) groups is 1. The average Bonchev–Trinajstić information content (AvgIpc) is 2.82. The molecule has 1 amide bonds. The second-order valence-corrected chi connectivity index (χ2v) is 5.62. The number of amides is 1. The van der Waals surface area contributed by atoms with Crippen LogP contribution in [0.3, 0.4) is 0 Å². The van der Waals surface area contributed by atoms with Gasteiger partial charge in [-0.25, -0.2) is 0 Å². The maximum atomic E-state index is 12.2. The summed E-state index contributed by atoms with van der Waals surface area (Å²) in [4.78, 5) is 23.8. The van der Waals surface area contributed by atoms with Gasteiger partial charge in [0, 0.05) is 17.1 Å². The number of aryl methyl sites for hydroxylation is 1. The topological polar surface area (TPSA) is 69.6 Å². The molecule has 0 aliphatic heterocycles. The van der Waals surface area contributed by atoms with E-state index in [0.717, 1.165) is 17.0 Å². The third-order valence-electron chi connectivity index (χ3n) is 3.11. The Morgan fingerprint density at radius 3 is 2.61 bits per heavy atom. The Balaban J connectivity index is 2.18. The van der Waals surface area contributed by atoms with Gasteiger partial charge in [-0.05, 0) is 32.9 Å². The van der Waals surface area contributed by atoms with Gasteiger partial charge in [0.05, 0.1) is 18.9 Å². The van der Waals surface area contributed by atoms with Crippen molar-refractivity contribution in [2.24, 2.45) is 0 Å². The standard InChI is InChI=1S/C16H20N2O4S/c1-4-21-12-6-7-14(22-5-2)13(8-12)17-15(19)9-18-11(3)10-23-16(18)20/h6-8,10H,4-5,9H2,1-3H3,(H,17,19). The number of thiazole rings is 1. The van der Waals surface area contributed by atoms with Crippen LogP contribution < -0.4 is 19.7 Å². The van der Waals surface area contributed by atoms with Gasteiger partial charge in [0.2, 0.25) is 5.91 Å².